The molecule has 1 amide bonds. The van der Waals surface area contributed by atoms with Crippen molar-refractivity contribution in [3.63, 3.8) is 0 Å². The number of nitrogens with one attached hydrogen (secondary N) is 1. The van der Waals surface area contributed by atoms with Gasteiger partial charge in [-0.3, -0.25) is 4.79 Å². The molecule has 3 aromatic carbocycles. The smallest absolute Gasteiger partial charge is 0.251 e. The summed E-state index contributed by atoms with van der Waals surface area (Å²) in [5.74, 6) is -0.116. The molecule has 0 aliphatic carbocycles. The van der Waals surface area contributed by atoms with Crippen LogP contribution in [0.15, 0.2) is 66.7 Å². The van der Waals surface area contributed by atoms with Gasteiger partial charge in [0.2, 0.25) is 0 Å². The molecule has 1 N–H and O–H groups in total. The molecule has 128 valence electrons. The fourth-order valence-electron chi connectivity index (χ4n) is 3.03. The zero-order valence-corrected chi connectivity index (χ0v) is 15.1. The number of rotatable bonds is 5. The third kappa shape index (κ3) is 4.01. The molecule has 0 heterocycles. The van der Waals surface area contributed by atoms with Gasteiger partial charge in [0.25, 0.3) is 5.91 Å². The Labute approximate surface area is 153 Å². The van der Waals surface area contributed by atoms with Crippen molar-refractivity contribution in [3.8, 4) is 0 Å². The van der Waals surface area contributed by atoms with Crippen molar-refractivity contribution in [2.75, 3.05) is 20.6 Å². The summed E-state index contributed by atoms with van der Waals surface area (Å²) in [6.07, 6.45) is 0. The van der Waals surface area contributed by atoms with Crippen LogP contribution in [-0.2, 0) is 0 Å². The van der Waals surface area contributed by atoms with E-state index >= 15 is 0 Å². The van der Waals surface area contributed by atoms with Crippen molar-refractivity contribution in [1.82, 2.24) is 10.2 Å². The quantitative estimate of drug-likeness (QED) is 0.731. The van der Waals surface area contributed by atoms with Crippen molar-refractivity contribution in [1.29, 1.82) is 0 Å². The normalized spacial score (nSPS) is 12.3. The van der Waals surface area contributed by atoms with Crippen LogP contribution in [0.4, 0.5) is 0 Å². The van der Waals surface area contributed by atoms with Gasteiger partial charge in [0.1, 0.15) is 0 Å². The lowest BCUT2D eigenvalue weighted by Gasteiger charge is -2.26. The highest BCUT2D eigenvalue weighted by atomic mass is 35.5. The minimum Gasteiger partial charge on any atom is -0.350 e. The van der Waals surface area contributed by atoms with E-state index in [1.165, 1.54) is 16.3 Å². The van der Waals surface area contributed by atoms with E-state index in [0.29, 0.717) is 17.1 Å². The Kier molecular flexibility index (Phi) is 5.37. The van der Waals surface area contributed by atoms with Crippen LogP contribution in [0.3, 0.4) is 0 Å². The van der Waals surface area contributed by atoms with Gasteiger partial charge in [0, 0.05) is 17.1 Å². The van der Waals surface area contributed by atoms with Gasteiger partial charge in [-0.1, -0.05) is 60.1 Å². The summed E-state index contributed by atoms with van der Waals surface area (Å²) < 4.78 is 0. The number of nitrogens with zero attached hydrogens (tertiary/aromatic N) is 1. The van der Waals surface area contributed by atoms with E-state index in [9.17, 15) is 4.79 Å². The van der Waals surface area contributed by atoms with E-state index in [1.54, 1.807) is 24.3 Å². The lowest BCUT2D eigenvalue weighted by atomic mass is 9.98. The molecule has 0 radical (unpaired) electrons. The molecular formula is C21H21ClN2O. The van der Waals surface area contributed by atoms with Gasteiger partial charge >= 0.3 is 0 Å². The summed E-state index contributed by atoms with van der Waals surface area (Å²) >= 11 is 5.98. The second-order valence-corrected chi connectivity index (χ2v) is 6.70. The molecule has 4 heteroatoms. The minimum atomic E-state index is -0.116. The molecule has 0 aromatic heterocycles. The molecule has 0 fully saturated rings. The number of halogens is 1. The Morgan fingerprint density at radius 3 is 2.52 bits per heavy atom. The van der Waals surface area contributed by atoms with Crippen molar-refractivity contribution in [2.24, 2.45) is 0 Å². The van der Waals surface area contributed by atoms with E-state index in [1.807, 2.05) is 26.2 Å². The van der Waals surface area contributed by atoms with Crippen LogP contribution in [-0.4, -0.2) is 31.4 Å². The van der Waals surface area contributed by atoms with Gasteiger partial charge in [-0.2, -0.15) is 0 Å². The molecule has 0 saturated heterocycles. The average molecular weight is 353 g/mol. The van der Waals surface area contributed by atoms with Crippen molar-refractivity contribution < 1.29 is 4.79 Å². The maximum Gasteiger partial charge on any atom is 0.251 e. The first kappa shape index (κ1) is 17.5. The second-order valence-electron chi connectivity index (χ2n) is 6.27. The van der Waals surface area contributed by atoms with Crippen LogP contribution < -0.4 is 5.32 Å². The van der Waals surface area contributed by atoms with Crippen LogP contribution in [0, 0.1) is 0 Å². The number of carbonyl (C=O) groups excluding carboxylic acids is 1. The van der Waals surface area contributed by atoms with Crippen LogP contribution in [0.5, 0.6) is 0 Å². The first-order chi connectivity index (χ1) is 12.1. The van der Waals surface area contributed by atoms with Crippen LogP contribution in [0.1, 0.15) is 22.0 Å². The number of amides is 1. The predicted molar refractivity (Wildman–Crippen MR) is 104 cm³/mol. The van der Waals surface area contributed by atoms with Crippen LogP contribution >= 0.6 is 11.6 Å². The Bertz CT molecular complexity index is 886. The minimum absolute atomic E-state index is 0.0780. The Morgan fingerprint density at radius 1 is 1.04 bits per heavy atom. The lowest BCUT2D eigenvalue weighted by molar-refractivity contribution is 0.0942. The molecule has 1 atom stereocenters. The number of benzene rings is 3. The van der Waals surface area contributed by atoms with Crippen molar-refractivity contribution in [2.45, 2.75) is 6.04 Å². The van der Waals surface area contributed by atoms with E-state index in [0.717, 1.165) is 0 Å². The summed E-state index contributed by atoms with van der Waals surface area (Å²) in [5, 5.41) is 6.00. The SMILES string of the molecule is CN(C)C(CNC(=O)c1cccc(Cl)c1)c1cccc2ccccc12. The first-order valence-electron chi connectivity index (χ1n) is 8.24. The zero-order chi connectivity index (χ0) is 17.8. The molecular weight excluding hydrogens is 332 g/mol. The molecule has 3 aromatic rings. The lowest BCUT2D eigenvalue weighted by Crippen LogP contribution is -2.34. The van der Waals surface area contributed by atoms with Gasteiger partial charge in [0.05, 0.1) is 6.04 Å². The van der Waals surface area contributed by atoms with Crippen molar-refractivity contribution in [3.05, 3.63) is 82.9 Å². The first-order valence-corrected chi connectivity index (χ1v) is 8.62. The van der Waals surface area contributed by atoms with Crippen LogP contribution in [0.25, 0.3) is 10.8 Å². The zero-order valence-electron chi connectivity index (χ0n) is 14.4. The molecule has 3 nitrogen and oxygen atoms in total. The van der Waals surface area contributed by atoms with E-state index in [-0.39, 0.29) is 11.9 Å². The highest BCUT2D eigenvalue weighted by Crippen LogP contribution is 2.26. The monoisotopic (exact) mass is 352 g/mol. The fraction of sp³-hybridized carbons (Fsp3) is 0.190. The molecule has 0 spiro atoms. The molecule has 1 unspecified atom stereocenters. The van der Waals surface area contributed by atoms with Crippen LogP contribution in [0.2, 0.25) is 5.02 Å². The molecule has 0 aliphatic rings. The van der Waals surface area contributed by atoms with Gasteiger partial charge in [0.15, 0.2) is 0 Å². The third-order valence-corrected chi connectivity index (χ3v) is 4.58. The number of hydrogen-bond donors (Lipinski definition) is 1. The standard InChI is InChI=1S/C21H21ClN2O/c1-24(2)20(14-23-21(25)16-9-5-10-17(22)13-16)19-12-6-8-15-7-3-4-11-18(15)19/h3-13,20H,14H2,1-2H3,(H,23,25). The summed E-state index contributed by atoms with van der Waals surface area (Å²) in [4.78, 5) is 14.6. The highest BCUT2D eigenvalue weighted by Gasteiger charge is 2.18. The van der Waals surface area contributed by atoms with E-state index in [2.05, 4.69) is 40.5 Å². The van der Waals surface area contributed by atoms with Gasteiger partial charge in [-0.15, -0.1) is 0 Å². The maximum absolute atomic E-state index is 12.4. The molecule has 3 rings (SSSR count). The predicted octanol–water partition coefficient (Wildman–Crippen LogP) is 4.53. The Hall–Kier alpha value is -2.36. The summed E-state index contributed by atoms with van der Waals surface area (Å²) in [6, 6.07) is 21.7. The average Bonchev–Trinajstić information content (AvgIpc) is 2.61. The van der Waals surface area contributed by atoms with Gasteiger partial charge < -0.3 is 10.2 Å². The molecule has 0 bridgehead atoms. The van der Waals surface area contributed by atoms with Crippen molar-refractivity contribution >= 4 is 28.3 Å². The molecule has 25 heavy (non-hydrogen) atoms. The fourth-order valence-corrected chi connectivity index (χ4v) is 3.22. The largest absolute Gasteiger partial charge is 0.350 e. The second kappa shape index (κ2) is 7.68. The highest BCUT2D eigenvalue weighted by molar-refractivity contribution is 6.30. The molecule has 0 aliphatic heterocycles. The number of hydrogen-bond acceptors (Lipinski definition) is 2. The maximum atomic E-state index is 12.4. The molecule has 0 saturated carbocycles. The van der Waals surface area contributed by atoms with Gasteiger partial charge in [-0.25, -0.2) is 0 Å². The third-order valence-electron chi connectivity index (χ3n) is 4.35. The summed E-state index contributed by atoms with van der Waals surface area (Å²) in [7, 11) is 4.05. The summed E-state index contributed by atoms with van der Waals surface area (Å²) in [5.41, 5.74) is 1.78. The number of carbonyl (C=O) groups is 1. The number of likely N-dealkylation sites (N-methyl/N-ethyl adjacent to an activating group) is 1. The Balaban J connectivity index is 1.83. The Morgan fingerprint density at radius 2 is 1.76 bits per heavy atom. The summed E-state index contributed by atoms with van der Waals surface area (Å²) in [6.45, 7) is 0.520. The number of fused-ring (bicyclic) bond motifs is 1. The van der Waals surface area contributed by atoms with Gasteiger partial charge in [-0.05, 0) is 48.6 Å². The van der Waals surface area contributed by atoms with E-state index < -0.39 is 0 Å². The topological polar surface area (TPSA) is 32.3 Å². The van der Waals surface area contributed by atoms with E-state index in [4.69, 9.17) is 11.6 Å².